The smallest absolute Gasteiger partial charge is 0.254 e. The lowest BCUT2D eigenvalue weighted by Crippen LogP contribution is -2.36. The van der Waals surface area contributed by atoms with E-state index < -0.39 is 0 Å². The van der Waals surface area contributed by atoms with E-state index in [1.54, 1.807) is 17.0 Å². The molecule has 0 atom stereocenters. The summed E-state index contributed by atoms with van der Waals surface area (Å²) in [5, 5.41) is 0.982. The van der Waals surface area contributed by atoms with E-state index in [2.05, 4.69) is 0 Å². The van der Waals surface area contributed by atoms with E-state index in [-0.39, 0.29) is 17.9 Å². The van der Waals surface area contributed by atoms with E-state index in [1.165, 1.54) is 0 Å². The number of benzene rings is 2. The first-order chi connectivity index (χ1) is 13.3. The van der Waals surface area contributed by atoms with Crippen LogP contribution < -0.4 is 0 Å². The van der Waals surface area contributed by atoms with Crippen LogP contribution in [0.25, 0.3) is 0 Å². The van der Waals surface area contributed by atoms with Crippen LogP contribution in [0.4, 0.5) is 0 Å². The monoisotopic (exact) mass is 418 g/mol. The van der Waals surface area contributed by atoms with Gasteiger partial charge in [-0.05, 0) is 55.7 Å². The topological polar surface area (TPSA) is 40.6 Å². The lowest BCUT2D eigenvalue weighted by atomic mass is 10.1. The van der Waals surface area contributed by atoms with Gasteiger partial charge in [-0.2, -0.15) is 0 Å². The van der Waals surface area contributed by atoms with E-state index in [9.17, 15) is 9.59 Å². The Bertz CT molecular complexity index is 865. The first-order valence-electron chi connectivity index (χ1n) is 9.47. The van der Waals surface area contributed by atoms with Crippen molar-refractivity contribution in [2.45, 2.75) is 45.8 Å². The molecule has 1 saturated heterocycles. The zero-order valence-electron chi connectivity index (χ0n) is 16.1. The molecule has 0 saturated carbocycles. The van der Waals surface area contributed by atoms with Gasteiger partial charge < -0.3 is 9.80 Å². The molecule has 148 valence electrons. The average Bonchev–Trinajstić information content (AvgIpc) is 3.07. The van der Waals surface area contributed by atoms with Crippen LogP contribution in [0.15, 0.2) is 42.5 Å². The zero-order chi connectivity index (χ0) is 20.3. The van der Waals surface area contributed by atoms with Gasteiger partial charge in [0.1, 0.15) is 0 Å². The fraction of sp³-hybridized carbons (Fsp3) is 0.364. The molecule has 0 aliphatic carbocycles. The van der Waals surface area contributed by atoms with E-state index in [0.717, 1.165) is 24.1 Å². The third-order valence-electron chi connectivity index (χ3n) is 4.97. The van der Waals surface area contributed by atoms with Crippen molar-refractivity contribution in [2.75, 3.05) is 6.54 Å². The summed E-state index contributed by atoms with van der Waals surface area (Å²) in [7, 11) is 0. The number of hydrogen-bond acceptors (Lipinski definition) is 2. The highest BCUT2D eigenvalue weighted by Gasteiger charge is 2.21. The fourth-order valence-electron chi connectivity index (χ4n) is 3.33. The van der Waals surface area contributed by atoms with Gasteiger partial charge in [-0.3, -0.25) is 9.59 Å². The van der Waals surface area contributed by atoms with E-state index >= 15 is 0 Å². The standard InChI is InChI=1S/C22H24Cl2N2O2/c1-15(2)26(14-17-7-10-19(23)20(24)12-17)22(28)18-8-5-16(6-9-18)13-25-11-3-4-21(25)27/h5-10,12,15H,3-4,11,13-14H2,1-2H3. The number of hydrogen-bond donors (Lipinski definition) is 0. The van der Waals surface area contributed by atoms with Crippen molar-refractivity contribution in [3.05, 3.63) is 69.2 Å². The lowest BCUT2D eigenvalue weighted by Gasteiger charge is -2.27. The maximum Gasteiger partial charge on any atom is 0.254 e. The Morgan fingerprint density at radius 1 is 1.07 bits per heavy atom. The summed E-state index contributed by atoms with van der Waals surface area (Å²) >= 11 is 12.1. The summed E-state index contributed by atoms with van der Waals surface area (Å²) in [6.45, 7) is 5.84. The number of carbonyl (C=O) groups is 2. The van der Waals surface area contributed by atoms with E-state index in [1.807, 2.05) is 49.1 Å². The molecule has 4 nitrogen and oxygen atoms in total. The van der Waals surface area contributed by atoms with Gasteiger partial charge >= 0.3 is 0 Å². The second kappa shape index (κ2) is 8.97. The van der Waals surface area contributed by atoms with Gasteiger partial charge in [0.2, 0.25) is 5.91 Å². The molecule has 1 aliphatic rings. The predicted molar refractivity (Wildman–Crippen MR) is 113 cm³/mol. The molecule has 1 aliphatic heterocycles. The Morgan fingerprint density at radius 3 is 2.32 bits per heavy atom. The van der Waals surface area contributed by atoms with Crippen LogP contribution in [0.3, 0.4) is 0 Å². The molecule has 28 heavy (non-hydrogen) atoms. The van der Waals surface area contributed by atoms with Crippen LogP contribution in [0.2, 0.25) is 10.0 Å². The normalized spacial score (nSPS) is 14.0. The maximum absolute atomic E-state index is 13.1. The quantitative estimate of drug-likeness (QED) is 0.649. The van der Waals surface area contributed by atoms with Gasteiger partial charge in [-0.1, -0.05) is 41.4 Å². The molecular formula is C22H24Cl2N2O2. The second-order valence-electron chi connectivity index (χ2n) is 7.39. The van der Waals surface area contributed by atoms with Gasteiger partial charge in [-0.15, -0.1) is 0 Å². The largest absolute Gasteiger partial charge is 0.338 e. The minimum Gasteiger partial charge on any atom is -0.338 e. The van der Waals surface area contributed by atoms with E-state index in [0.29, 0.717) is 35.1 Å². The first-order valence-corrected chi connectivity index (χ1v) is 10.2. The molecule has 0 N–H and O–H groups in total. The molecule has 6 heteroatoms. The first kappa shape index (κ1) is 20.7. The van der Waals surface area contributed by atoms with Crippen molar-refractivity contribution in [1.29, 1.82) is 0 Å². The summed E-state index contributed by atoms with van der Waals surface area (Å²) in [6, 6.07) is 13.0. The summed E-state index contributed by atoms with van der Waals surface area (Å²) in [6.07, 6.45) is 1.56. The van der Waals surface area contributed by atoms with Crippen LogP contribution in [0.1, 0.15) is 48.2 Å². The summed E-state index contributed by atoms with van der Waals surface area (Å²) < 4.78 is 0. The molecule has 2 aromatic rings. The Morgan fingerprint density at radius 2 is 1.75 bits per heavy atom. The summed E-state index contributed by atoms with van der Waals surface area (Å²) in [4.78, 5) is 28.5. The molecule has 2 aromatic carbocycles. The van der Waals surface area contributed by atoms with E-state index in [4.69, 9.17) is 23.2 Å². The molecule has 0 bridgehead atoms. The molecule has 0 spiro atoms. The Kier molecular flexibility index (Phi) is 6.63. The van der Waals surface area contributed by atoms with Crippen LogP contribution in [-0.2, 0) is 17.9 Å². The third kappa shape index (κ3) is 4.86. The number of rotatable bonds is 6. The molecule has 1 heterocycles. The maximum atomic E-state index is 13.1. The van der Waals surface area contributed by atoms with Crippen molar-refractivity contribution in [2.24, 2.45) is 0 Å². The van der Waals surface area contributed by atoms with Crippen molar-refractivity contribution >= 4 is 35.0 Å². The third-order valence-corrected chi connectivity index (χ3v) is 5.71. The van der Waals surface area contributed by atoms with Crippen molar-refractivity contribution in [3.63, 3.8) is 0 Å². The summed E-state index contributed by atoms with van der Waals surface area (Å²) in [5.41, 5.74) is 2.60. The molecule has 0 aromatic heterocycles. The Labute approximate surface area is 176 Å². The number of nitrogens with zero attached hydrogens (tertiary/aromatic N) is 2. The highest BCUT2D eigenvalue weighted by atomic mass is 35.5. The number of amides is 2. The zero-order valence-corrected chi connectivity index (χ0v) is 17.6. The number of halogens is 2. The van der Waals surface area contributed by atoms with Gasteiger partial charge in [0.05, 0.1) is 10.0 Å². The van der Waals surface area contributed by atoms with Crippen molar-refractivity contribution < 1.29 is 9.59 Å². The fourth-order valence-corrected chi connectivity index (χ4v) is 3.65. The van der Waals surface area contributed by atoms with Crippen LogP contribution in [-0.4, -0.2) is 34.2 Å². The van der Waals surface area contributed by atoms with Gasteiger partial charge in [0.15, 0.2) is 0 Å². The minimum absolute atomic E-state index is 0.0313. The molecular weight excluding hydrogens is 395 g/mol. The molecule has 0 radical (unpaired) electrons. The number of likely N-dealkylation sites (tertiary alicyclic amines) is 1. The number of carbonyl (C=O) groups excluding carboxylic acids is 2. The summed E-state index contributed by atoms with van der Waals surface area (Å²) in [5.74, 6) is 0.164. The molecule has 0 unspecified atom stereocenters. The SMILES string of the molecule is CC(C)N(Cc1ccc(Cl)c(Cl)c1)C(=O)c1ccc(CN2CCCC2=O)cc1. The van der Waals surface area contributed by atoms with Crippen molar-refractivity contribution in [1.82, 2.24) is 9.80 Å². The Hall–Kier alpha value is -2.04. The Balaban J connectivity index is 1.72. The minimum atomic E-state index is -0.0372. The molecule has 2 amide bonds. The predicted octanol–water partition coefficient (Wildman–Crippen LogP) is 5.17. The highest BCUT2D eigenvalue weighted by molar-refractivity contribution is 6.42. The van der Waals surface area contributed by atoms with Crippen molar-refractivity contribution in [3.8, 4) is 0 Å². The van der Waals surface area contributed by atoms with Crippen LogP contribution >= 0.6 is 23.2 Å². The van der Waals surface area contributed by atoms with Gasteiger partial charge in [0, 0.05) is 37.7 Å². The average molecular weight is 419 g/mol. The second-order valence-corrected chi connectivity index (χ2v) is 8.21. The van der Waals surface area contributed by atoms with Gasteiger partial charge in [-0.25, -0.2) is 0 Å². The van der Waals surface area contributed by atoms with Gasteiger partial charge in [0.25, 0.3) is 5.91 Å². The lowest BCUT2D eigenvalue weighted by molar-refractivity contribution is -0.128. The van der Waals surface area contributed by atoms with Crippen LogP contribution in [0.5, 0.6) is 0 Å². The molecule has 1 fully saturated rings. The van der Waals surface area contributed by atoms with Crippen LogP contribution in [0, 0.1) is 0 Å². The highest BCUT2D eigenvalue weighted by Crippen LogP contribution is 2.24. The molecule has 3 rings (SSSR count).